The summed E-state index contributed by atoms with van der Waals surface area (Å²) in [6.45, 7) is 0. The molecule has 5 heteroatoms. The first-order chi connectivity index (χ1) is 29.7. The summed E-state index contributed by atoms with van der Waals surface area (Å²) in [5, 5.41) is 7.07. The minimum Gasteiger partial charge on any atom is -0.455 e. The zero-order valence-electron chi connectivity index (χ0n) is 32.2. The van der Waals surface area contributed by atoms with Gasteiger partial charge in [-0.05, 0) is 63.5 Å². The second-order valence-electron chi connectivity index (χ2n) is 15.1. The quantitative estimate of drug-likeness (QED) is 0.169. The summed E-state index contributed by atoms with van der Waals surface area (Å²) in [6.07, 6.45) is 0. The fourth-order valence-corrected chi connectivity index (χ4v) is 9.94. The molecule has 0 saturated heterocycles. The Hall–Kier alpha value is -7.73. The lowest BCUT2D eigenvalue weighted by Crippen LogP contribution is -2.00. The predicted molar refractivity (Wildman–Crippen MR) is 250 cm³/mol. The van der Waals surface area contributed by atoms with E-state index in [4.69, 9.17) is 19.4 Å². The number of fused-ring (bicyclic) bond motifs is 8. The van der Waals surface area contributed by atoms with Gasteiger partial charge in [0, 0.05) is 58.6 Å². The van der Waals surface area contributed by atoms with Crippen LogP contribution in [-0.4, -0.2) is 15.0 Å². The van der Waals surface area contributed by atoms with E-state index in [9.17, 15) is 0 Å². The molecule has 0 amide bonds. The van der Waals surface area contributed by atoms with Gasteiger partial charge < -0.3 is 4.42 Å². The zero-order valence-corrected chi connectivity index (χ0v) is 33.0. The molecule has 0 fully saturated rings. The van der Waals surface area contributed by atoms with Crippen LogP contribution in [0.4, 0.5) is 0 Å². The number of rotatable bonds is 6. The van der Waals surface area contributed by atoms with Crippen molar-refractivity contribution in [3.8, 4) is 67.5 Å². The van der Waals surface area contributed by atoms with Crippen molar-refractivity contribution in [3.05, 3.63) is 200 Å². The summed E-state index contributed by atoms with van der Waals surface area (Å²) < 4.78 is 9.39. The molecule has 0 aliphatic rings. The van der Waals surface area contributed by atoms with E-state index in [1.807, 2.05) is 72.0 Å². The van der Waals surface area contributed by atoms with Gasteiger partial charge >= 0.3 is 0 Å². The lowest BCUT2D eigenvalue weighted by atomic mass is 9.91. The van der Waals surface area contributed by atoms with Crippen molar-refractivity contribution in [2.24, 2.45) is 0 Å². The lowest BCUT2D eigenvalue weighted by molar-refractivity contribution is 0.673. The third-order valence-corrected chi connectivity index (χ3v) is 12.7. The maximum Gasteiger partial charge on any atom is 0.164 e. The topological polar surface area (TPSA) is 51.8 Å². The highest BCUT2D eigenvalue weighted by Gasteiger charge is 2.20. The molecule has 280 valence electrons. The molecule has 3 aromatic heterocycles. The van der Waals surface area contributed by atoms with Gasteiger partial charge in [-0.15, -0.1) is 11.3 Å². The maximum absolute atomic E-state index is 6.80. The number of furan rings is 1. The van der Waals surface area contributed by atoms with Crippen molar-refractivity contribution in [3.63, 3.8) is 0 Å². The van der Waals surface area contributed by atoms with Gasteiger partial charge in [0.25, 0.3) is 0 Å². The first kappa shape index (κ1) is 34.3. The predicted octanol–water partition coefficient (Wildman–Crippen LogP) is 15.3. The van der Waals surface area contributed by atoms with Gasteiger partial charge in [0.15, 0.2) is 17.5 Å². The molecule has 3 heterocycles. The Bertz CT molecular complexity index is 3550. The molecule has 60 heavy (non-hydrogen) atoms. The lowest BCUT2D eigenvalue weighted by Gasteiger charge is -2.12. The second-order valence-corrected chi connectivity index (χ2v) is 16.2. The highest BCUT2D eigenvalue weighted by atomic mass is 32.1. The Morgan fingerprint density at radius 1 is 0.333 bits per heavy atom. The number of hydrogen-bond donors (Lipinski definition) is 0. The van der Waals surface area contributed by atoms with E-state index >= 15 is 0 Å². The SMILES string of the molecule is c1ccc(-c2nc(-c3ccccc3)nc(-c3cccc(-c4cccc(-c5cc6c(oc7cccc(-c8cccc9c8sc8ccccc89)c76)c6ccccc56)c4)c3)n2)cc1. The van der Waals surface area contributed by atoms with Crippen LogP contribution in [0.5, 0.6) is 0 Å². The van der Waals surface area contributed by atoms with Crippen LogP contribution in [0.1, 0.15) is 0 Å². The van der Waals surface area contributed by atoms with Crippen LogP contribution in [0.15, 0.2) is 205 Å². The van der Waals surface area contributed by atoms with Gasteiger partial charge in [0.05, 0.1) is 0 Å². The van der Waals surface area contributed by atoms with Gasteiger partial charge in [-0.3, -0.25) is 0 Å². The zero-order chi connectivity index (χ0) is 39.6. The summed E-state index contributed by atoms with van der Waals surface area (Å²) >= 11 is 1.86. The number of thiophene rings is 1. The van der Waals surface area contributed by atoms with Crippen LogP contribution in [0.25, 0.3) is 120 Å². The van der Waals surface area contributed by atoms with E-state index in [2.05, 4.69) is 140 Å². The van der Waals surface area contributed by atoms with Crippen LogP contribution in [0.2, 0.25) is 0 Å². The maximum atomic E-state index is 6.80. The molecule has 0 radical (unpaired) electrons. The van der Waals surface area contributed by atoms with Crippen molar-refractivity contribution < 1.29 is 4.42 Å². The molecular weight excluding hydrogens is 751 g/mol. The van der Waals surface area contributed by atoms with Crippen molar-refractivity contribution in [2.45, 2.75) is 0 Å². The Labute approximate surface area is 349 Å². The standard InChI is InChI=1S/C55H33N3OS/c1-3-15-34(16-4-1)53-56-54(35-17-5-2-6-18-35)58-55(57-53)39-22-12-20-37(32-39)36-19-11-21-38(31-36)46-33-47-50-42(26-14-29-48(50)59-51(47)43-25-8-7-23-40(43)46)45-28-13-27-44-41-24-9-10-30-49(41)60-52(44)45/h1-33H. The third kappa shape index (κ3) is 5.70. The first-order valence-electron chi connectivity index (χ1n) is 20.1. The van der Waals surface area contributed by atoms with Gasteiger partial charge in [-0.1, -0.05) is 170 Å². The molecule has 4 nitrogen and oxygen atoms in total. The molecule has 0 spiro atoms. The average molecular weight is 784 g/mol. The molecule has 9 aromatic carbocycles. The summed E-state index contributed by atoms with van der Waals surface area (Å²) in [7, 11) is 0. The largest absolute Gasteiger partial charge is 0.455 e. The van der Waals surface area contributed by atoms with Gasteiger partial charge in [0.2, 0.25) is 0 Å². The summed E-state index contributed by atoms with van der Waals surface area (Å²) in [5.74, 6) is 1.92. The number of aromatic nitrogens is 3. The van der Waals surface area contributed by atoms with Gasteiger partial charge in [0.1, 0.15) is 11.2 Å². The van der Waals surface area contributed by atoms with E-state index < -0.39 is 0 Å². The molecule has 0 N–H and O–H groups in total. The van der Waals surface area contributed by atoms with E-state index in [-0.39, 0.29) is 0 Å². The normalized spacial score (nSPS) is 11.7. The van der Waals surface area contributed by atoms with Crippen molar-refractivity contribution in [1.82, 2.24) is 15.0 Å². The molecular formula is C55H33N3OS. The third-order valence-electron chi connectivity index (χ3n) is 11.5. The van der Waals surface area contributed by atoms with Crippen molar-refractivity contribution in [1.29, 1.82) is 0 Å². The van der Waals surface area contributed by atoms with E-state index in [0.29, 0.717) is 17.5 Å². The number of nitrogens with zero attached hydrogens (tertiary/aromatic N) is 3. The molecule has 0 atom stereocenters. The van der Waals surface area contributed by atoms with E-state index in [1.54, 1.807) is 0 Å². The van der Waals surface area contributed by atoms with Crippen LogP contribution in [0, 0.1) is 0 Å². The monoisotopic (exact) mass is 783 g/mol. The molecule has 12 rings (SSSR count). The molecule has 0 saturated carbocycles. The van der Waals surface area contributed by atoms with E-state index in [1.165, 1.54) is 31.3 Å². The van der Waals surface area contributed by atoms with Crippen molar-refractivity contribution >= 4 is 64.2 Å². The molecule has 0 unspecified atom stereocenters. The van der Waals surface area contributed by atoms with Crippen LogP contribution < -0.4 is 0 Å². The number of benzene rings is 9. The summed E-state index contributed by atoms with van der Waals surface area (Å²) in [5.41, 5.74) is 11.5. The van der Waals surface area contributed by atoms with Crippen LogP contribution in [-0.2, 0) is 0 Å². The Balaban J connectivity index is 1.01. The number of hydrogen-bond acceptors (Lipinski definition) is 5. The van der Waals surface area contributed by atoms with Gasteiger partial charge in [-0.25, -0.2) is 15.0 Å². The average Bonchev–Trinajstić information content (AvgIpc) is 3.91. The minimum atomic E-state index is 0.631. The van der Waals surface area contributed by atoms with Crippen molar-refractivity contribution in [2.75, 3.05) is 0 Å². The molecule has 12 aromatic rings. The first-order valence-corrected chi connectivity index (χ1v) is 20.9. The fourth-order valence-electron chi connectivity index (χ4n) is 8.71. The molecule has 0 aliphatic heterocycles. The summed E-state index contributed by atoms with van der Waals surface area (Å²) in [6, 6.07) is 70.4. The minimum absolute atomic E-state index is 0.631. The fraction of sp³-hybridized carbons (Fsp3) is 0. The summed E-state index contributed by atoms with van der Waals surface area (Å²) in [4.78, 5) is 14.9. The highest BCUT2D eigenvalue weighted by molar-refractivity contribution is 7.26. The van der Waals surface area contributed by atoms with Crippen LogP contribution >= 0.6 is 11.3 Å². The Morgan fingerprint density at radius 3 is 1.58 bits per heavy atom. The Kier molecular flexibility index (Phi) is 8.00. The van der Waals surface area contributed by atoms with Gasteiger partial charge in [-0.2, -0.15) is 0 Å². The van der Waals surface area contributed by atoms with E-state index in [0.717, 1.165) is 71.7 Å². The van der Waals surface area contributed by atoms with Crippen LogP contribution in [0.3, 0.4) is 0 Å². The highest BCUT2D eigenvalue weighted by Crippen LogP contribution is 2.46. The molecule has 0 aliphatic carbocycles. The second kappa shape index (κ2) is 14.0. The Morgan fingerprint density at radius 2 is 0.850 bits per heavy atom. The smallest absolute Gasteiger partial charge is 0.164 e. The molecule has 0 bridgehead atoms.